The van der Waals surface area contributed by atoms with E-state index in [1.807, 2.05) is 6.07 Å². The molecular formula is C38H72O2. The molecule has 2 nitrogen and oxygen atoms in total. The SMILES string of the molecule is CCCCCCCCCCCCCCCCOCCCCCCCCCCCCCCCC.Oc1ccccc1. The monoisotopic (exact) mass is 561 g/mol. The van der Waals surface area contributed by atoms with Crippen molar-refractivity contribution in [1.82, 2.24) is 0 Å². The molecule has 1 N–H and O–H groups in total. The number of rotatable bonds is 30. The highest BCUT2D eigenvalue weighted by molar-refractivity contribution is 5.18. The van der Waals surface area contributed by atoms with E-state index in [9.17, 15) is 0 Å². The van der Waals surface area contributed by atoms with Gasteiger partial charge in [0.05, 0.1) is 0 Å². The number of ether oxygens (including phenoxy) is 1. The molecular weight excluding hydrogens is 488 g/mol. The summed E-state index contributed by atoms with van der Waals surface area (Å²) in [6.45, 7) is 6.59. The standard InChI is InChI=1S/C32H66O.C6H6O/c1-3-5-7-9-11-13-15-17-19-21-23-25-27-29-31-33-32-30-28-26-24-22-20-18-16-14-12-10-8-6-4-2;7-6-4-2-1-3-5-6/h3-32H2,1-2H3;1-5,7H. The number of phenolic OH excluding ortho intramolecular Hbond substituents is 1. The van der Waals surface area contributed by atoms with E-state index in [1.54, 1.807) is 24.3 Å². The number of hydrogen-bond donors (Lipinski definition) is 1. The quantitative estimate of drug-likeness (QED) is 0.0948. The first-order chi connectivity index (χ1) is 19.8. The minimum atomic E-state index is 0.322. The predicted molar refractivity (Wildman–Crippen MR) is 180 cm³/mol. The number of aromatic hydroxyl groups is 1. The minimum absolute atomic E-state index is 0.322. The highest BCUT2D eigenvalue weighted by Crippen LogP contribution is 2.14. The van der Waals surface area contributed by atoms with Crippen LogP contribution in [-0.2, 0) is 4.74 Å². The van der Waals surface area contributed by atoms with Gasteiger partial charge in [0.25, 0.3) is 0 Å². The maximum atomic E-state index is 8.63. The molecule has 0 spiro atoms. The number of unbranched alkanes of at least 4 members (excludes halogenated alkanes) is 26. The van der Waals surface area contributed by atoms with Crippen LogP contribution in [0.5, 0.6) is 5.75 Å². The maximum Gasteiger partial charge on any atom is 0.115 e. The Morgan fingerprint density at radius 2 is 0.625 bits per heavy atom. The normalized spacial score (nSPS) is 10.9. The summed E-state index contributed by atoms with van der Waals surface area (Å²) in [4.78, 5) is 0. The van der Waals surface area contributed by atoms with E-state index in [0.29, 0.717) is 5.75 Å². The van der Waals surface area contributed by atoms with Gasteiger partial charge in [-0.25, -0.2) is 0 Å². The zero-order chi connectivity index (χ0) is 29.0. The maximum absolute atomic E-state index is 8.63. The van der Waals surface area contributed by atoms with E-state index in [0.717, 1.165) is 13.2 Å². The first-order valence-electron chi connectivity index (χ1n) is 18.1. The van der Waals surface area contributed by atoms with Gasteiger partial charge >= 0.3 is 0 Å². The van der Waals surface area contributed by atoms with Gasteiger partial charge < -0.3 is 9.84 Å². The lowest BCUT2D eigenvalue weighted by Gasteiger charge is -2.05. The summed E-state index contributed by atoms with van der Waals surface area (Å²) in [7, 11) is 0. The van der Waals surface area contributed by atoms with Crippen LogP contribution in [0.4, 0.5) is 0 Å². The van der Waals surface area contributed by atoms with Crippen LogP contribution in [0, 0.1) is 0 Å². The second kappa shape index (κ2) is 36.0. The Bertz CT molecular complexity index is 514. The molecule has 1 aromatic carbocycles. The van der Waals surface area contributed by atoms with Crippen LogP contribution in [0.25, 0.3) is 0 Å². The number of benzene rings is 1. The summed E-state index contributed by atoms with van der Waals surface area (Å²) >= 11 is 0. The van der Waals surface area contributed by atoms with Crippen LogP contribution < -0.4 is 0 Å². The third kappa shape index (κ3) is 35.0. The van der Waals surface area contributed by atoms with E-state index < -0.39 is 0 Å². The smallest absolute Gasteiger partial charge is 0.115 e. The molecule has 236 valence electrons. The van der Waals surface area contributed by atoms with Gasteiger partial charge in [0.1, 0.15) is 5.75 Å². The van der Waals surface area contributed by atoms with Gasteiger partial charge in [-0.2, -0.15) is 0 Å². The van der Waals surface area contributed by atoms with Crippen molar-refractivity contribution >= 4 is 0 Å². The average molecular weight is 561 g/mol. The van der Waals surface area contributed by atoms with Crippen molar-refractivity contribution < 1.29 is 9.84 Å². The van der Waals surface area contributed by atoms with Crippen molar-refractivity contribution in [2.45, 2.75) is 194 Å². The van der Waals surface area contributed by atoms with Crippen LogP contribution in [0.3, 0.4) is 0 Å². The van der Waals surface area contributed by atoms with E-state index in [2.05, 4.69) is 13.8 Å². The Labute approximate surface area is 252 Å². The van der Waals surface area contributed by atoms with Crippen molar-refractivity contribution in [1.29, 1.82) is 0 Å². The molecule has 0 amide bonds. The molecule has 0 aliphatic carbocycles. The minimum Gasteiger partial charge on any atom is -0.508 e. The van der Waals surface area contributed by atoms with Gasteiger partial charge in [0.2, 0.25) is 0 Å². The summed E-state index contributed by atoms with van der Waals surface area (Å²) in [6.07, 6.45) is 40.1. The molecule has 0 fully saturated rings. The first-order valence-corrected chi connectivity index (χ1v) is 18.1. The molecule has 2 heteroatoms. The van der Waals surface area contributed by atoms with E-state index in [-0.39, 0.29) is 0 Å². The zero-order valence-corrected chi connectivity index (χ0v) is 27.5. The third-order valence-electron chi connectivity index (χ3n) is 8.04. The van der Waals surface area contributed by atoms with Crippen molar-refractivity contribution in [2.75, 3.05) is 13.2 Å². The first kappa shape index (κ1) is 39.0. The van der Waals surface area contributed by atoms with Crippen molar-refractivity contribution in [2.24, 2.45) is 0 Å². The summed E-state index contributed by atoms with van der Waals surface area (Å²) < 4.78 is 5.85. The fraction of sp³-hybridized carbons (Fsp3) is 0.842. The van der Waals surface area contributed by atoms with Gasteiger partial charge in [-0.3, -0.25) is 0 Å². The van der Waals surface area contributed by atoms with Crippen LogP contribution in [0.15, 0.2) is 30.3 Å². The van der Waals surface area contributed by atoms with Gasteiger partial charge in [-0.05, 0) is 25.0 Å². The molecule has 0 aliphatic rings. The highest BCUT2D eigenvalue weighted by atomic mass is 16.5. The Balaban J connectivity index is 0.00000187. The second-order valence-electron chi connectivity index (χ2n) is 12.1. The Hall–Kier alpha value is -1.02. The molecule has 0 radical (unpaired) electrons. The highest BCUT2D eigenvalue weighted by Gasteiger charge is 1.96. The molecule has 1 rings (SSSR count). The average Bonchev–Trinajstić information content (AvgIpc) is 2.97. The van der Waals surface area contributed by atoms with Crippen LogP contribution in [0.2, 0.25) is 0 Å². The molecule has 0 heterocycles. The summed E-state index contributed by atoms with van der Waals surface area (Å²) in [5.41, 5.74) is 0. The molecule has 0 saturated heterocycles. The molecule has 0 saturated carbocycles. The van der Waals surface area contributed by atoms with Crippen LogP contribution in [-0.4, -0.2) is 18.3 Å². The van der Waals surface area contributed by atoms with Gasteiger partial charge in [-0.15, -0.1) is 0 Å². The summed E-state index contributed by atoms with van der Waals surface area (Å²) in [5.74, 6) is 0.322. The molecule has 0 atom stereocenters. The lowest BCUT2D eigenvalue weighted by Crippen LogP contribution is -1.97. The zero-order valence-electron chi connectivity index (χ0n) is 27.5. The summed E-state index contributed by atoms with van der Waals surface area (Å²) in [6, 6.07) is 8.71. The van der Waals surface area contributed by atoms with E-state index >= 15 is 0 Å². The lowest BCUT2D eigenvalue weighted by molar-refractivity contribution is 0.125. The molecule has 0 aliphatic heterocycles. The Morgan fingerprint density at radius 1 is 0.375 bits per heavy atom. The van der Waals surface area contributed by atoms with Crippen molar-refractivity contribution in [3.63, 3.8) is 0 Å². The lowest BCUT2D eigenvalue weighted by atomic mass is 10.0. The fourth-order valence-corrected chi connectivity index (χ4v) is 5.33. The predicted octanol–water partition coefficient (Wildman–Crippen LogP) is 13.4. The number of hydrogen-bond acceptors (Lipinski definition) is 2. The van der Waals surface area contributed by atoms with Crippen LogP contribution in [0.1, 0.15) is 194 Å². The molecule has 1 aromatic rings. The van der Waals surface area contributed by atoms with E-state index in [4.69, 9.17) is 9.84 Å². The number of phenols is 1. The fourth-order valence-electron chi connectivity index (χ4n) is 5.33. The van der Waals surface area contributed by atoms with E-state index in [1.165, 1.54) is 180 Å². The van der Waals surface area contributed by atoms with Crippen molar-refractivity contribution in [3.05, 3.63) is 30.3 Å². The largest absolute Gasteiger partial charge is 0.508 e. The van der Waals surface area contributed by atoms with Crippen molar-refractivity contribution in [3.8, 4) is 5.75 Å². The van der Waals surface area contributed by atoms with Gasteiger partial charge in [0, 0.05) is 13.2 Å². The molecule has 0 unspecified atom stereocenters. The third-order valence-corrected chi connectivity index (χ3v) is 8.04. The Morgan fingerprint density at radius 3 is 0.850 bits per heavy atom. The van der Waals surface area contributed by atoms with Gasteiger partial charge in [0.15, 0.2) is 0 Å². The Kier molecular flexibility index (Phi) is 35.1. The topological polar surface area (TPSA) is 29.5 Å². The summed E-state index contributed by atoms with van der Waals surface area (Å²) in [5, 5.41) is 8.63. The molecule has 40 heavy (non-hydrogen) atoms. The number of para-hydroxylation sites is 1. The van der Waals surface area contributed by atoms with Crippen LogP contribution >= 0.6 is 0 Å². The second-order valence-corrected chi connectivity index (χ2v) is 12.1. The molecule has 0 bridgehead atoms. The molecule has 0 aromatic heterocycles. The van der Waals surface area contributed by atoms with Gasteiger partial charge in [-0.1, -0.05) is 199 Å².